The van der Waals surface area contributed by atoms with Crippen molar-refractivity contribution in [3.63, 3.8) is 0 Å². The van der Waals surface area contributed by atoms with Crippen LogP contribution in [0, 0.1) is 0 Å². The van der Waals surface area contributed by atoms with Crippen molar-refractivity contribution in [3.8, 4) is 0 Å². The summed E-state index contributed by atoms with van der Waals surface area (Å²) in [6.45, 7) is 4.30. The van der Waals surface area contributed by atoms with Crippen LogP contribution in [-0.2, 0) is 4.74 Å². The van der Waals surface area contributed by atoms with E-state index in [2.05, 4.69) is 9.80 Å². The van der Waals surface area contributed by atoms with Gasteiger partial charge in [0.05, 0.1) is 19.8 Å². The summed E-state index contributed by atoms with van der Waals surface area (Å²) < 4.78 is 5.40. The minimum atomic E-state index is 0. The van der Waals surface area contributed by atoms with Gasteiger partial charge in [-0.2, -0.15) is 0 Å². The Morgan fingerprint density at radius 1 is 1.00 bits per heavy atom. The molecule has 0 atom stereocenters. The van der Waals surface area contributed by atoms with Crippen LogP contribution in [0.25, 0.3) is 0 Å². The maximum Gasteiger partial charge on any atom is 0.0594 e. The summed E-state index contributed by atoms with van der Waals surface area (Å²) in [5.74, 6) is 0. The molecule has 0 bridgehead atoms. The summed E-state index contributed by atoms with van der Waals surface area (Å²) in [5, 5.41) is 8.62. The first-order chi connectivity index (χ1) is 6.16. The van der Waals surface area contributed by atoms with E-state index in [0.717, 1.165) is 32.8 Å². The number of aliphatic hydroxyl groups is 1. The summed E-state index contributed by atoms with van der Waals surface area (Å²) in [4.78, 5) is 4.15. The maximum atomic E-state index is 8.62. The van der Waals surface area contributed by atoms with Crippen LogP contribution in [0.4, 0.5) is 0 Å². The normalized spacial score (nSPS) is 10.7. The first-order valence-corrected chi connectivity index (χ1v) is 4.68. The van der Waals surface area contributed by atoms with E-state index >= 15 is 0 Å². The van der Waals surface area contributed by atoms with Crippen molar-refractivity contribution in [2.45, 2.75) is 0 Å². The fourth-order valence-corrected chi connectivity index (χ4v) is 0.852. The molecule has 0 aliphatic rings. The van der Waals surface area contributed by atoms with E-state index in [1.54, 1.807) is 0 Å². The van der Waals surface area contributed by atoms with Gasteiger partial charge in [0, 0.05) is 19.6 Å². The van der Waals surface area contributed by atoms with Gasteiger partial charge in [-0.15, -0.1) is 0 Å². The monoisotopic (exact) mass is 207 g/mol. The van der Waals surface area contributed by atoms with Crippen LogP contribution in [0.5, 0.6) is 0 Å². The summed E-state index contributed by atoms with van der Waals surface area (Å²) in [6.07, 6.45) is 0. The number of ether oxygens (including phenoxy) is 1. The molecule has 0 rings (SSSR count). The van der Waals surface area contributed by atoms with Crippen molar-refractivity contribution < 1.29 is 9.84 Å². The van der Waals surface area contributed by atoms with Crippen molar-refractivity contribution in [1.82, 2.24) is 16.0 Å². The van der Waals surface area contributed by atoms with Gasteiger partial charge in [0.1, 0.15) is 0 Å². The minimum absolute atomic E-state index is 0. The second-order valence-corrected chi connectivity index (χ2v) is 3.44. The smallest absolute Gasteiger partial charge is 0.0594 e. The van der Waals surface area contributed by atoms with E-state index in [4.69, 9.17) is 9.84 Å². The van der Waals surface area contributed by atoms with E-state index < -0.39 is 0 Å². The first-order valence-electron chi connectivity index (χ1n) is 4.68. The Morgan fingerprint density at radius 3 is 2.07 bits per heavy atom. The van der Waals surface area contributed by atoms with Crippen LogP contribution in [0.3, 0.4) is 0 Å². The molecule has 14 heavy (non-hydrogen) atoms. The van der Waals surface area contributed by atoms with Crippen LogP contribution >= 0.6 is 0 Å². The molecule has 0 heterocycles. The molecule has 4 N–H and O–H groups in total. The molecule has 0 radical (unpaired) electrons. The van der Waals surface area contributed by atoms with Crippen molar-refractivity contribution in [2.75, 3.05) is 60.6 Å². The zero-order chi connectivity index (χ0) is 10.1. The quantitative estimate of drug-likeness (QED) is 0.532. The zero-order valence-corrected chi connectivity index (χ0v) is 9.70. The molecule has 0 aromatic rings. The Kier molecular flexibility index (Phi) is 12.6. The van der Waals surface area contributed by atoms with Gasteiger partial charge in [-0.05, 0) is 21.1 Å². The van der Waals surface area contributed by atoms with Crippen LogP contribution in [0.15, 0.2) is 0 Å². The van der Waals surface area contributed by atoms with Crippen LogP contribution in [-0.4, -0.2) is 75.5 Å². The lowest BCUT2D eigenvalue weighted by atomic mass is 10.5. The highest BCUT2D eigenvalue weighted by Crippen LogP contribution is 1.83. The van der Waals surface area contributed by atoms with Gasteiger partial charge in [0.15, 0.2) is 0 Å². The standard InChI is InChI=1S/C9H22N2O2.H3N/c1-10(2)5-8-13-9-6-11(3)4-7-12;/h12H,4-9H2,1-3H3;1H3. The number of hydrogen-bond donors (Lipinski definition) is 2. The molecule has 0 unspecified atom stereocenters. The average Bonchev–Trinajstić information content (AvgIpc) is 2.03. The lowest BCUT2D eigenvalue weighted by Gasteiger charge is -2.15. The lowest BCUT2D eigenvalue weighted by molar-refractivity contribution is 0.0940. The number of likely N-dealkylation sites (N-methyl/N-ethyl adjacent to an activating group) is 2. The van der Waals surface area contributed by atoms with E-state index in [1.807, 2.05) is 21.1 Å². The number of nitrogens with zero attached hydrogens (tertiary/aromatic N) is 2. The predicted molar refractivity (Wildman–Crippen MR) is 59.0 cm³/mol. The Bertz CT molecular complexity index is 112. The van der Waals surface area contributed by atoms with Crippen LogP contribution in [0.1, 0.15) is 0 Å². The molecule has 0 amide bonds. The Morgan fingerprint density at radius 2 is 1.57 bits per heavy atom. The highest BCUT2D eigenvalue weighted by atomic mass is 16.5. The highest BCUT2D eigenvalue weighted by molar-refractivity contribution is 4.48. The van der Waals surface area contributed by atoms with E-state index in [0.29, 0.717) is 0 Å². The Hall–Kier alpha value is -0.200. The molecule has 5 heteroatoms. The molecule has 5 nitrogen and oxygen atoms in total. The molecule has 0 fully saturated rings. The van der Waals surface area contributed by atoms with Gasteiger partial charge < -0.3 is 25.8 Å². The summed E-state index contributed by atoms with van der Waals surface area (Å²) in [6, 6.07) is 0. The molecule has 0 saturated carbocycles. The van der Waals surface area contributed by atoms with E-state index in [-0.39, 0.29) is 12.8 Å². The molecule has 0 aliphatic carbocycles. The van der Waals surface area contributed by atoms with Gasteiger partial charge in [0.25, 0.3) is 0 Å². The van der Waals surface area contributed by atoms with Crippen LogP contribution < -0.4 is 6.15 Å². The third kappa shape index (κ3) is 11.8. The van der Waals surface area contributed by atoms with Crippen molar-refractivity contribution in [1.29, 1.82) is 0 Å². The fraction of sp³-hybridized carbons (Fsp3) is 1.00. The summed E-state index contributed by atoms with van der Waals surface area (Å²) in [7, 11) is 6.04. The van der Waals surface area contributed by atoms with Gasteiger partial charge >= 0.3 is 0 Å². The molecule has 88 valence electrons. The molecule has 0 aromatic carbocycles. The molecular formula is C9H25N3O2. The predicted octanol–water partition coefficient (Wildman–Crippen LogP) is -0.349. The van der Waals surface area contributed by atoms with Crippen molar-refractivity contribution in [3.05, 3.63) is 0 Å². The Balaban J connectivity index is 0. The molecule has 0 saturated heterocycles. The van der Waals surface area contributed by atoms with Gasteiger partial charge in [0.2, 0.25) is 0 Å². The minimum Gasteiger partial charge on any atom is -0.395 e. The van der Waals surface area contributed by atoms with Crippen molar-refractivity contribution in [2.24, 2.45) is 0 Å². The topological polar surface area (TPSA) is 70.9 Å². The number of rotatable bonds is 8. The van der Waals surface area contributed by atoms with Gasteiger partial charge in [-0.1, -0.05) is 0 Å². The summed E-state index contributed by atoms with van der Waals surface area (Å²) >= 11 is 0. The molecule has 0 spiro atoms. The zero-order valence-electron chi connectivity index (χ0n) is 9.70. The van der Waals surface area contributed by atoms with Crippen LogP contribution in [0.2, 0.25) is 0 Å². The van der Waals surface area contributed by atoms with Crippen molar-refractivity contribution >= 4 is 0 Å². The molecular weight excluding hydrogens is 182 g/mol. The Labute approximate surface area is 87.2 Å². The largest absolute Gasteiger partial charge is 0.395 e. The molecule has 0 aliphatic heterocycles. The molecule has 0 aromatic heterocycles. The SMILES string of the molecule is CN(C)CCOCCN(C)CCO.N. The number of hydrogen-bond acceptors (Lipinski definition) is 5. The first kappa shape index (κ1) is 16.2. The fourth-order valence-electron chi connectivity index (χ4n) is 0.852. The number of aliphatic hydroxyl groups excluding tert-OH is 1. The van der Waals surface area contributed by atoms with Gasteiger partial charge in [-0.3, -0.25) is 0 Å². The van der Waals surface area contributed by atoms with E-state index in [1.165, 1.54) is 0 Å². The lowest BCUT2D eigenvalue weighted by Crippen LogP contribution is -2.27. The average molecular weight is 207 g/mol. The second kappa shape index (κ2) is 10.9. The second-order valence-electron chi connectivity index (χ2n) is 3.44. The third-order valence-corrected chi connectivity index (χ3v) is 1.78. The highest BCUT2D eigenvalue weighted by Gasteiger charge is 1.96. The van der Waals surface area contributed by atoms with E-state index in [9.17, 15) is 0 Å². The van der Waals surface area contributed by atoms with Gasteiger partial charge in [-0.25, -0.2) is 0 Å². The maximum absolute atomic E-state index is 8.62. The third-order valence-electron chi connectivity index (χ3n) is 1.78. The summed E-state index contributed by atoms with van der Waals surface area (Å²) in [5.41, 5.74) is 0.